The molecule has 0 atom stereocenters. The lowest BCUT2D eigenvalue weighted by Crippen LogP contribution is -2.27. The highest BCUT2D eigenvalue weighted by Gasteiger charge is 2.17. The van der Waals surface area contributed by atoms with Crippen LogP contribution in [0.3, 0.4) is 0 Å². The first-order valence-electron chi connectivity index (χ1n) is 5.76. The number of hydrogen-bond donors (Lipinski definition) is 1. The Morgan fingerprint density at radius 2 is 2.05 bits per heavy atom. The summed E-state index contributed by atoms with van der Waals surface area (Å²) in [6.45, 7) is 7.27. The van der Waals surface area contributed by atoms with E-state index in [2.05, 4.69) is 31.2 Å². The number of amides is 1. The molecule has 2 heterocycles. The first-order valence-corrected chi connectivity index (χ1v) is 6.56. The number of aromatic nitrogens is 3. The summed E-state index contributed by atoms with van der Waals surface area (Å²) in [6.07, 6.45) is 2.95. The van der Waals surface area contributed by atoms with Gasteiger partial charge in [0.15, 0.2) is 11.5 Å². The Balaban J connectivity index is 2.23. The molecule has 1 N–H and O–H groups in total. The van der Waals surface area contributed by atoms with E-state index in [4.69, 9.17) is 4.74 Å². The van der Waals surface area contributed by atoms with Gasteiger partial charge in [-0.15, -0.1) is 0 Å². The average Bonchev–Trinajstić information content (AvgIpc) is 2.56. The van der Waals surface area contributed by atoms with E-state index < -0.39 is 11.7 Å². The standard InChI is InChI=1S/C12H15BrN4O2/c1-7-10-15-9(6-17(10)5-8(13)14-7)16-11(18)19-12(2,3)4/h5-6H,1-4H3,(H,16,18). The molecule has 0 saturated heterocycles. The third kappa shape index (κ3) is 3.44. The summed E-state index contributed by atoms with van der Waals surface area (Å²) >= 11 is 3.31. The number of rotatable bonds is 1. The van der Waals surface area contributed by atoms with Gasteiger partial charge in [-0.05, 0) is 43.6 Å². The largest absolute Gasteiger partial charge is 0.444 e. The van der Waals surface area contributed by atoms with Crippen molar-refractivity contribution >= 4 is 33.5 Å². The number of imidazole rings is 1. The Labute approximate surface area is 119 Å². The van der Waals surface area contributed by atoms with Crippen molar-refractivity contribution in [2.75, 3.05) is 5.32 Å². The van der Waals surface area contributed by atoms with Crippen LogP contribution in [0.15, 0.2) is 17.0 Å². The molecule has 6 nitrogen and oxygen atoms in total. The zero-order valence-corrected chi connectivity index (χ0v) is 12.8. The predicted octanol–water partition coefficient (Wildman–Crippen LogP) is 3.15. The fraction of sp³-hybridized carbons (Fsp3) is 0.417. The number of nitrogens with one attached hydrogen (secondary N) is 1. The number of carbonyl (C=O) groups excluding carboxylic acids is 1. The fourth-order valence-electron chi connectivity index (χ4n) is 1.58. The number of carbonyl (C=O) groups is 1. The van der Waals surface area contributed by atoms with Gasteiger partial charge in [0.25, 0.3) is 0 Å². The van der Waals surface area contributed by atoms with E-state index in [-0.39, 0.29) is 0 Å². The van der Waals surface area contributed by atoms with Crippen molar-refractivity contribution in [3.63, 3.8) is 0 Å². The Bertz CT molecular complexity index is 630. The van der Waals surface area contributed by atoms with E-state index in [9.17, 15) is 4.79 Å². The van der Waals surface area contributed by atoms with E-state index in [0.717, 1.165) is 5.69 Å². The van der Waals surface area contributed by atoms with Gasteiger partial charge in [-0.2, -0.15) is 0 Å². The number of ether oxygens (including phenoxy) is 1. The van der Waals surface area contributed by atoms with E-state index >= 15 is 0 Å². The van der Waals surface area contributed by atoms with Crippen molar-refractivity contribution in [1.82, 2.24) is 14.4 Å². The first kappa shape index (κ1) is 13.8. The van der Waals surface area contributed by atoms with E-state index in [1.165, 1.54) is 0 Å². The molecule has 2 aromatic rings. The highest BCUT2D eigenvalue weighted by Crippen LogP contribution is 2.16. The lowest BCUT2D eigenvalue weighted by Gasteiger charge is -2.18. The molecule has 0 aliphatic carbocycles. The Morgan fingerprint density at radius 3 is 2.68 bits per heavy atom. The van der Waals surface area contributed by atoms with Crippen molar-refractivity contribution in [3.8, 4) is 0 Å². The SMILES string of the molecule is Cc1nc(Br)cn2cc(NC(=O)OC(C)(C)C)nc12. The van der Waals surface area contributed by atoms with E-state index in [0.29, 0.717) is 16.1 Å². The number of fused-ring (bicyclic) bond motifs is 1. The second-order valence-corrected chi connectivity index (χ2v) is 5.95. The molecule has 2 rings (SSSR count). The maximum atomic E-state index is 11.6. The third-order valence-corrected chi connectivity index (χ3v) is 2.59. The van der Waals surface area contributed by atoms with Gasteiger partial charge in [0, 0.05) is 6.20 Å². The normalized spacial score (nSPS) is 11.6. The topological polar surface area (TPSA) is 68.5 Å². The zero-order chi connectivity index (χ0) is 14.2. The molecule has 0 unspecified atom stereocenters. The van der Waals surface area contributed by atoms with Gasteiger partial charge in [0.2, 0.25) is 0 Å². The number of halogens is 1. The minimum atomic E-state index is -0.538. The lowest BCUT2D eigenvalue weighted by atomic mass is 10.2. The fourth-order valence-corrected chi connectivity index (χ4v) is 2.07. The van der Waals surface area contributed by atoms with Crippen LogP contribution in [0.5, 0.6) is 0 Å². The third-order valence-electron chi connectivity index (χ3n) is 2.21. The van der Waals surface area contributed by atoms with E-state index in [1.54, 1.807) is 37.6 Å². The summed E-state index contributed by atoms with van der Waals surface area (Å²) < 4.78 is 7.67. The second-order valence-electron chi connectivity index (χ2n) is 5.13. The van der Waals surface area contributed by atoms with Gasteiger partial charge in [-0.3, -0.25) is 5.32 Å². The van der Waals surface area contributed by atoms with Gasteiger partial charge < -0.3 is 9.14 Å². The first-order chi connectivity index (χ1) is 8.74. The zero-order valence-electron chi connectivity index (χ0n) is 11.2. The Kier molecular flexibility index (Phi) is 3.49. The molecule has 1 amide bonds. The maximum Gasteiger partial charge on any atom is 0.413 e. The summed E-state index contributed by atoms with van der Waals surface area (Å²) in [5, 5.41) is 2.60. The molecular weight excluding hydrogens is 312 g/mol. The minimum Gasteiger partial charge on any atom is -0.444 e. The molecule has 2 aromatic heterocycles. The van der Waals surface area contributed by atoms with Gasteiger partial charge in [-0.25, -0.2) is 14.8 Å². The molecule has 0 radical (unpaired) electrons. The molecule has 0 spiro atoms. The number of aryl methyl sites for hydroxylation is 1. The highest BCUT2D eigenvalue weighted by molar-refractivity contribution is 9.10. The molecule has 0 saturated carbocycles. The van der Waals surface area contributed by atoms with Gasteiger partial charge in [0.1, 0.15) is 10.2 Å². The summed E-state index contributed by atoms with van der Waals surface area (Å²) in [7, 11) is 0. The van der Waals surface area contributed by atoms with Crippen LogP contribution in [0.1, 0.15) is 26.5 Å². The van der Waals surface area contributed by atoms with Crippen LogP contribution in [0.25, 0.3) is 5.65 Å². The summed E-state index contributed by atoms with van der Waals surface area (Å²) in [6, 6.07) is 0. The van der Waals surface area contributed by atoms with Crippen LogP contribution in [-0.4, -0.2) is 26.1 Å². The molecule has 19 heavy (non-hydrogen) atoms. The van der Waals surface area contributed by atoms with Gasteiger partial charge in [0.05, 0.1) is 11.9 Å². The van der Waals surface area contributed by atoms with Crippen LogP contribution < -0.4 is 5.32 Å². The van der Waals surface area contributed by atoms with Crippen LogP contribution in [0.2, 0.25) is 0 Å². The monoisotopic (exact) mass is 326 g/mol. The molecule has 0 aliphatic heterocycles. The molecule has 0 aliphatic rings. The Hall–Kier alpha value is -1.63. The van der Waals surface area contributed by atoms with Crippen molar-refractivity contribution in [2.45, 2.75) is 33.3 Å². The molecular formula is C12H15BrN4O2. The maximum absolute atomic E-state index is 11.6. The number of hydrogen-bond acceptors (Lipinski definition) is 4. The number of nitrogens with zero attached hydrogens (tertiary/aromatic N) is 3. The lowest BCUT2D eigenvalue weighted by molar-refractivity contribution is 0.0635. The van der Waals surface area contributed by atoms with E-state index in [1.807, 2.05) is 6.92 Å². The smallest absolute Gasteiger partial charge is 0.413 e. The van der Waals surface area contributed by atoms with Crippen LogP contribution >= 0.6 is 15.9 Å². The van der Waals surface area contributed by atoms with Gasteiger partial charge >= 0.3 is 6.09 Å². The second kappa shape index (κ2) is 4.80. The van der Waals surface area contributed by atoms with Gasteiger partial charge in [-0.1, -0.05) is 0 Å². The van der Waals surface area contributed by atoms with Crippen molar-refractivity contribution in [2.24, 2.45) is 0 Å². The van der Waals surface area contributed by atoms with Crippen LogP contribution in [0, 0.1) is 6.92 Å². The highest BCUT2D eigenvalue weighted by atomic mass is 79.9. The average molecular weight is 327 g/mol. The molecule has 0 bridgehead atoms. The molecule has 0 fully saturated rings. The van der Waals surface area contributed by atoms with Crippen molar-refractivity contribution < 1.29 is 9.53 Å². The summed E-state index contributed by atoms with van der Waals surface area (Å²) in [4.78, 5) is 20.2. The van der Waals surface area contributed by atoms with Crippen LogP contribution in [-0.2, 0) is 4.74 Å². The van der Waals surface area contributed by atoms with Crippen LogP contribution in [0.4, 0.5) is 10.6 Å². The summed E-state index contributed by atoms with van der Waals surface area (Å²) in [5.74, 6) is 0.428. The predicted molar refractivity (Wildman–Crippen MR) is 75.3 cm³/mol. The molecule has 0 aromatic carbocycles. The van der Waals surface area contributed by atoms with Crippen molar-refractivity contribution in [1.29, 1.82) is 0 Å². The molecule has 102 valence electrons. The molecule has 7 heteroatoms. The minimum absolute atomic E-state index is 0.428. The van der Waals surface area contributed by atoms with Crippen molar-refractivity contribution in [3.05, 3.63) is 22.7 Å². The Morgan fingerprint density at radius 1 is 1.37 bits per heavy atom. The quantitative estimate of drug-likeness (QED) is 0.874. The summed E-state index contributed by atoms with van der Waals surface area (Å²) in [5.41, 5.74) is 0.921. The number of anilines is 1.